The number of carbonyl (C=O) groups is 1. The Labute approximate surface area is 175 Å². The van der Waals surface area contributed by atoms with Gasteiger partial charge in [0, 0.05) is 36.1 Å². The van der Waals surface area contributed by atoms with Crippen LogP contribution in [0.4, 0.5) is 10.9 Å². The minimum atomic E-state index is -0.164. The molecule has 154 valence electrons. The average Bonchev–Trinajstić information content (AvgIpc) is 3.14. The number of hydrogen-bond acceptors (Lipinski definition) is 8. The van der Waals surface area contributed by atoms with Crippen molar-refractivity contribution in [3.05, 3.63) is 28.7 Å². The number of likely N-dealkylation sites (tertiary alicyclic amines) is 1. The monoisotopic (exact) mass is 413 g/mol. The minimum Gasteiger partial charge on any atom is -0.350 e. The van der Waals surface area contributed by atoms with Gasteiger partial charge < -0.3 is 10.6 Å². The maximum atomic E-state index is 12.2. The lowest BCUT2D eigenvalue weighted by molar-refractivity contribution is 0.0945. The van der Waals surface area contributed by atoms with Crippen LogP contribution in [0, 0.1) is 24.2 Å². The van der Waals surface area contributed by atoms with Gasteiger partial charge >= 0.3 is 0 Å². The molecule has 3 heterocycles. The second-order valence-electron chi connectivity index (χ2n) is 7.75. The van der Waals surface area contributed by atoms with E-state index in [-0.39, 0.29) is 11.8 Å². The second-order valence-corrected chi connectivity index (χ2v) is 8.61. The Morgan fingerprint density at radius 1 is 1.41 bits per heavy atom. The van der Waals surface area contributed by atoms with Crippen LogP contribution in [-0.2, 0) is 0 Å². The van der Waals surface area contributed by atoms with Gasteiger partial charge in [-0.15, -0.1) is 11.3 Å². The van der Waals surface area contributed by atoms with E-state index in [1.165, 1.54) is 11.3 Å². The van der Waals surface area contributed by atoms with Gasteiger partial charge in [0.15, 0.2) is 5.13 Å². The van der Waals surface area contributed by atoms with Gasteiger partial charge in [-0.2, -0.15) is 5.26 Å². The van der Waals surface area contributed by atoms with Crippen molar-refractivity contribution in [1.29, 1.82) is 5.26 Å². The van der Waals surface area contributed by atoms with Crippen LogP contribution in [0.15, 0.2) is 11.4 Å². The first-order valence-corrected chi connectivity index (χ1v) is 10.8. The summed E-state index contributed by atoms with van der Waals surface area (Å²) in [6.45, 7) is 8.85. The molecule has 3 rings (SSSR count). The normalized spacial score (nSPS) is 17.1. The first-order valence-electron chi connectivity index (χ1n) is 9.90. The lowest BCUT2D eigenvalue weighted by Crippen LogP contribution is -2.35. The van der Waals surface area contributed by atoms with Gasteiger partial charge in [0.05, 0.1) is 12.6 Å². The first-order chi connectivity index (χ1) is 13.9. The first kappa shape index (κ1) is 21.1. The summed E-state index contributed by atoms with van der Waals surface area (Å²) in [7, 11) is 0. The van der Waals surface area contributed by atoms with Gasteiger partial charge in [-0.25, -0.2) is 15.0 Å². The lowest BCUT2D eigenvalue weighted by atomic mass is 9.97. The van der Waals surface area contributed by atoms with Gasteiger partial charge in [0.1, 0.15) is 17.3 Å². The molecule has 2 aromatic heterocycles. The summed E-state index contributed by atoms with van der Waals surface area (Å²) in [6, 6.07) is 4.10. The molecule has 9 heteroatoms. The number of aryl methyl sites for hydroxylation is 1. The number of nitrogens with one attached hydrogen (secondary N) is 2. The van der Waals surface area contributed by atoms with Crippen molar-refractivity contribution in [3.8, 4) is 6.07 Å². The third-order valence-corrected chi connectivity index (χ3v) is 5.44. The highest BCUT2D eigenvalue weighted by Gasteiger charge is 2.24. The van der Waals surface area contributed by atoms with Gasteiger partial charge in [-0.1, -0.05) is 13.8 Å². The summed E-state index contributed by atoms with van der Waals surface area (Å²) < 4.78 is 0. The molecular formula is C20H27N7OS. The number of rotatable bonds is 7. The van der Waals surface area contributed by atoms with E-state index in [0.29, 0.717) is 35.7 Å². The Hall–Kier alpha value is -2.57. The topological polar surface area (TPSA) is 107 Å². The molecule has 0 aromatic carbocycles. The molecule has 1 saturated heterocycles. The Kier molecular flexibility index (Phi) is 7.12. The Morgan fingerprint density at radius 3 is 3.00 bits per heavy atom. The quantitative estimate of drug-likeness (QED) is 0.672. The molecular weight excluding hydrogens is 386 g/mol. The highest BCUT2D eigenvalue weighted by Crippen LogP contribution is 2.27. The molecule has 0 radical (unpaired) electrons. The summed E-state index contributed by atoms with van der Waals surface area (Å²) in [4.78, 5) is 28.0. The number of amides is 1. The number of nitrogens with zero attached hydrogens (tertiary/aromatic N) is 5. The number of thiazole rings is 1. The van der Waals surface area contributed by atoms with E-state index in [2.05, 4.69) is 45.4 Å². The number of anilines is 2. The Morgan fingerprint density at radius 2 is 2.24 bits per heavy atom. The summed E-state index contributed by atoms with van der Waals surface area (Å²) >= 11 is 1.37. The molecule has 0 bridgehead atoms. The van der Waals surface area contributed by atoms with Crippen molar-refractivity contribution in [2.75, 3.05) is 31.5 Å². The number of nitriles is 1. The SMILES string of the molecule is Cc1cc(Nc2nc(C(=O)NCC(C)C)cs2)nc([C@@H]2CCCN(CC#N)C2)n1. The van der Waals surface area contributed by atoms with Crippen molar-refractivity contribution in [1.82, 2.24) is 25.2 Å². The zero-order chi connectivity index (χ0) is 20.8. The third kappa shape index (κ3) is 5.95. The smallest absolute Gasteiger partial charge is 0.270 e. The van der Waals surface area contributed by atoms with E-state index in [9.17, 15) is 4.79 Å². The zero-order valence-corrected chi connectivity index (χ0v) is 17.9. The van der Waals surface area contributed by atoms with Gasteiger partial charge in [-0.3, -0.25) is 9.69 Å². The standard InChI is InChI=1S/C20H27N7OS/c1-13(2)10-22-19(28)16-12-29-20(24-16)26-17-9-14(3)23-18(25-17)15-5-4-7-27(11-15)8-6-21/h9,12-13,15H,4-5,7-8,10-11H2,1-3H3,(H,22,28)(H,23,24,25,26)/t15-/m1/s1. The van der Waals surface area contributed by atoms with E-state index < -0.39 is 0 Å². The van der Waals surface area contributed by atoms with Crippen molar-refractivity contribution in [3.63, 3.8) is 0 Å². The second kappa shape index (κ2) is 9.76. The highest BCUT2D eigenvalue weighted by atomic mass is 32.1. The van der Waals surface area contributed by atoms with E-state index in [1.54, 1.807) is 5.38 Å². The maximum absolute atomic E-state index is 12.2. The molecule has 0 unspecified atom stereocenters. The third-order valence-electron chi connectivity index (χ3n) is 4.68. The van der Waals surface area contributed by atoms with Crippen molar-refractivity contribution < 1.29 is 4.79 Å². The summed E-state index contributed by atoms with van der Waals surface area (Å²) in [5.41, 5.74) is 1.28. The van der Waals surface area contributed by atoms with Crippen LogP contribution in [-0.4, -0.2) is 51.9 Å². The van der Waals surface area contributed by atoms with Crippen LogP contribution >= 0.6 is 11.3 Å². The summed E-state index contributed by atoms with van der Waals surface area (Å²) in [5.74, 6) is 1.91. The maximum Gasteiger partial charge on any atom is 0.270 e. The Bertz CT molecular complexity index is 889. The molecule has 0 saturated carbocycles. The van der Waals surface area contributed by atoms with Gasteiger partial charge in [-0.05, 0) is 32.2 Å². The van der Waals surface area contributed by atoms with E-state index in [4.69, 9.17) is 10.2 Å². The van der Waals surface area contributed by atoms with Crippen LogP contribution in [0.2, 0.25) is 0 Å². The molecule has 1 atom stereocenters. The molecule has 1 aliphatic heterocycles. The molecule has 1 aliphatic rings. The fourth-order valence-corrected chi connectivity index (χ4v) is 3.98. The zero-order valence-electron chi connectivity index (χ0n) is 17.1. The van der Waals surface area contributed by atoms with E-state index in [1.807, 2.05) is 13.0 Å². The number of carbonyl (C=O) groups excluding carboxylic acids is 1. The molecule has 8 nitrogen and oxygen atoms in total. The molecule has 1 amide bonds. The largest absolute Gasteiger partial charge is 0.350 e. The predicted molar refractivity (Wildman–Crippen MR) is 113 cm³/mol. The van der Waals surface area contributed by atoms with Crippen LogP contribution in [0.5, 0.6) is 0 Å². The van der Waals surface area contributed by atoms with Crippen LogP contribution in [0.1, 0.15) is 54.6 Å². The minimum absolute atomic E-state index is 0.164. The van der Waals surface area contributed by atoms with Crippen molar-refractivity contribution in [2.45, 2.75) is 39.5 Å². The summed E-state index contributed by atoms with van der Waals surface area (Å²) in [5, 5.41) is 17.4. The number of hydrogen-bond donors (Lipinski definition) is 2. The molecule has 1 fully saturated rings. The van der Waals surface area contributed by atoms with Crippen LogP contribution in [0.3, 0.4) is 0 Å². The van der Waals surface area contributed by atoms with Gasteiger partial charge in [0.25, 0.3) is 5.91 Å². The van der Waals surface area contributed by atoms with Gasteiger partial charge in [0.2, 0.25) is 0 Å². The lowest BCUT2D eigenvalue weighted by Gasteiger charge is -2.30. The fraction of sp³-hybridized carbons (Fsp3) is 0.550. The molecule has 29 heavy (non-hydrogen) atoms. The van der Waals surface area contributed by atoms with Crippen molar-refractivity contribution >= 4 is 28.2 Å². The predicted octanol–water partition coefficient (Wildman–Crippen LogP) is 3.07. The number of aromatic nitrogens is 3. The molecule has 2 N–H and O–H groups in total. The van der Waals surface area contributed by atoms with E-state index in [0.717, 1.165) is 37.4 Å². The molecule has 0 spiro atoms. The highest BCUT2D eigenvalue weighted by molar-refractivity contribution is 7.14. The van der Waals surface area contributed by atoms with E-state index >= 15 is 0 Å². The van der Waals surface area contributed by atoms with Crippen LogP contribution in [0.25, 0.3) is 0 Å². The van der Waals surface area contributed by atoms with Crippen LogP contribution < -0.4 is 10.6 Å². The van der Waals surface area contributed by atoms with Crippen molar-refractivity contribution in [2.24, 2.45) is 5.92 Å². The summed E-state index contributed by atoms with van der Waals surface area (Å²) in [6.07, 6.45) is 2.05. The molecule has 0 aliphatic carbocycles. The number of piperidine rings is 1. The Balaban J connectivity index is 1.69. The molecule has 2 aromatic rings. The average molecular weight is 414 g/mol. The fourth-order valence-electron chi connectivity index (χ4n) is 3.28.